The van der Waals surface area contributed by atoms with Crippen LogP contribution in [0.1, 0.15) is 24.0 Å². The fraction of sp³-hybridized carbons (Fsp3) is 0.323. The normalized spacial score (nSPS) is 14.7. The number of alkyl carbamates (subject to hydrolysis) is 1. The largest absolute Gasteiger partial charge is 0.497 e. The van der Waals surface area contributed by atoms with E-state index in [-0.39, 0.29) is 30.9 Å². The van der Waals surface area contributed by atoms with Crippen molar-refractivity contribution in [3.8, 4) is 5.75 Å². The summed E-state index contributed by atoms with van der Waals surface area (Å²) in [5.74, 6) is -1.34. The van der Waals surface area contributed by atoms with Gasteiger partial charge in [0, 0.05) is 25.6 Å². The molecule has 1 heterocycles. The van der Waals surface area contributed by atoms with E-state index in [0.717, 1.165) is 11.1 Å². The maximum absolute atomic E-state index is 13.7. The van der Waals surface area contributed by atoms with Gasteiger partial charge < -0.3 is 29.3 Å². The van der Waals surface area contributed by atoms with Crippen LogP contribution in [0.3, 0.4) is 0 Å². The van der Waals surface area contributed by atoms with Gasteiger partial charge in [-0.15, -0.1) is 0 Å². The molecule has 1 fully saturated rings. The first kappa shape index (κ1) is 31.6. The van der Waals surface area contributed by atoms with Crippen LogP contribution < -0.4 is 10.1 Å². The van der Waals surface area contributed by atoms with Gasteiger partial charge in [-0.25, -0.2) is 9.59 Å². The first-order chi connectivity index (χ1) is 20.1. The lowest BCUT2D eigenvalue weighted by Crippen LogP contribution is -2.53. The predicted octanol–water partition coefficient (Wildman–Crippen LogP) is 2.79. The Kier molecular flexibility index (Phi) is 11.4. The van der Waals surface area contributed by atoms with Crippen molar-refractivity contribution in [3.05, 3.63) is 90.2 Å². The second-order valence-electron chi connectivity index (χ2n) is 9.66. The van der Waals surface area contributed by atoms with E-state index in [2.05, 4.69) is 18.5 Å². The number of carbonyl (C=O) groups excluding carboxylic acids is 5. The molecule has 0 saturated carbocycles. The van der Waals surface area contributed by atoms with Gasteiger partial charge in [0.15, 0.2) is 6.29 Å². The van der Waals surface area contributed by atoms with Gasteiger partial charge in [0.05, 0.1) is 7.11 Å². The molecule has 2 aromatic rings. The molecule has 11 nitrogen and oxygen atoms in total. The first-order valence-corrected chi connectivity index (χ1v) is 13.3. The molecule has 42 heavy (non-hydrogen) atoms. The third-order valence-corrected chi connectivity index (χ3v) is 6.85. The van der Waals surface area contributed by atoms with E-state index >= 15 is 0 Å². The zero-order chi connectivity index (χ0) is 30.6. The Bertz CT molecular complexity index is 1310. The highest BCUT2D eigenvalue weighted by atomic mass is 16.5. The van der Waals surface area contributed by atoms with Gasteiger partial charge in [-0.3, -0.25) is 14.4 Å². The number of ether oxygens (including phenoxy) is 3. The number of aldehydes is 1. The van der Waals surface area contributed by atoms with Gasteiger partial charge in [0.2, 0.25) is 11.8 Å². The minimum absolute atomic E-state index is 0.0504. The minimum Gasteiger partial charge on any atom is -0.497 e. The summed E-state index contributed by atoms with van der Waals surface area (Å²) < 4.78 is 15.6. The van der Waals surface area contributed by atoms with Crippen molar-refractivity contribution in [2.24, 2.45) is 0 Å². The molecular formula is C31H35N3O8. The van der Waals surface area contributed by atoms with E-state index in [1.54, 1.807) is 24.3 Å². The molecular weight excluding hydrogens is 542 g/mol. The number of rotatable bonds is 13. The van der Waals surface area contributed by atoms with E-state index in [1.807, 2.05) is 30.3 Å². The van der Waals surface area contributed by atoms with Gasteiger partial charge in [-0.1, -0.05) is 55.6 Å². The number of allylic oxidation sites excluding steroid dienone is 1. The standard InChI is InChI=1S/C31H35N3O8/c1-21(19-35)22(2)42-30(38)27(17-23-12-14-25(40-4)15-13-23)33(3)29(37)26-11-8-16-34(26)28(36)18-32-31(39)41-20-24-9-6-5-7-10-24/h5-7,9-10,12-15,19,26-27H,1-2,8,11,16-18,20H2,3-4H3,(H,32,39)/t26-,27-/m0/s1. The van der Waals surface area contributed by atoms with Gasteiger partial charge in [-0.05, 0) is 36.1 Å². The molecule has 1 aliphatic rings. The van der Waals surface area contributed by atoms with Crippen LogP contribution in [0.2, 0.25) is 0 Å². The molecule has 11 heteroatoms. The number of nitrogens with zero attached hydrogens (tertiary/aromatic N) is 2. The van der Waals surface area contributed by atoms with Crippen LogP contribution in [-0.2, 0) is 41.7 Å². The van der Waals surface area contributed by atoms with Crippen molar-refractivity contribution in [1.29, 1.82) is 0 Å². The number of benzene rings is 2. The summed E-state index contributed by atoms with van der Waals surface area (Å²) in [6.07, 6.45) is 0.688. The lowest BCUT2D eigenvalue weighted by molar-refractivity contribution is -0.153. The first-order valence-electron chi connectivity index (χ1n) is 13.3. The second kappa shape index (κ2) is 15.2. The molecule has 0 radical (unpaired) electrons. The molecule has 1 saturated heterocycles. The molecule has 0 aliphatic carbocycles. The van der Waals surface area contributed by atoms with Crippen LogP contribution in [0.15, 0.2) is 79.1 Å². The molecule has 1 aliphatic heterocycles. The highest BCUT2D eigenvalue weighted by molar-refractivity contribution is 5.92. The number of nitrogens with one attached hydrogen (secondary N) is 1. The van der Waals surface area contributed by atoms with Crippen LogP contribution in [0.5, 0.6) is 5.75 Å². The maximum atomic E-state index is 13.7. The Morgan fingerprint density at radius 1 is 1.07 bits per heavy atom. The van der Waals surface area contributed by atoms with Crippen LogP contribution >= 0.6 is 0 Å². The number of hydrogen-bond acceptors (Lipinski definition) is 8. The van der Waals surface area contributed by atoms with Gasteiger partial charge in [0.1, 0.15) is 36.7 Å². The summed E-state index contributed by atoms with van der Waals surface area (Å²) in [4.78, 5) is 65.7. The molecule has 3 amide bonds. The van der Waals surface area contributed by atoms with Crippen molar-refractivity contribution in [2.75, 3.05) is 27.2 Å². The summed E-state index contributed by atoms with van der Waals surface area (Å²) >= 11 is 0. The van der Waals surface area contributed by atoms with E-state index < -0.39 is 36.0 Å². The summed E-state index contributed by atoms with van der Waals surface area (Å²) in [6.45, 7) is 7.07. The third-order valence-electron chi connectivity index (χ3n) is 6.85. The van der Waals surface area contributed by atoms with Gasteiger partial charge >= 0.3 is 12.1 Å². The van der Waals surface area contributed by atoms with Crippen molar-refractivity contribution < 1.29 is 38.2 Å². The fourth-order valence-corrected chi connectivity index (χ4v) is 4.42. The number of likely N-dealkylation sites (N-methyl/N-ethyl adjacent to an activating group) is 1. The van der Waals surface area contributed by atoms with Gasteiger partial charge in [0.25, 0.3) is 0 Å². The highest BCUT2D eigenvalue weighted by Crippen LogP contribution is 2.23. The van der Waals surface area contributed by atoms with Crippen molar-refractivity contribution >= 4 is 30.2 Å². The summed E-state index contributed by atoms with van der Waals surface area (Å²) in [5.41, 5.74) is 1.41. The summed E-state index contributed by atoms with van der Waals surface area (Å²) in [5, 5.41) is 2.43. The van der Waals surface area contributed by atoms with E-state index in [1.165, 1.54) is 24.0 Å². The highest BCUT2D eigenvalue weighted by Gasteiger charge is 2.39. The average molecular weight is 578 g/mol. The Labute approximate surface area is 244 Å². The van der Waals surface area contributed by atoms with Crippen molar-refractivity contribution in [2.45, 2.75) is 38.0 Å². The Hall–Kier alpha value is -4.93. The molecule has 1 N–H and O–H groups in total. The number of esters is 1. The molecule has 222 valence electrons. The lowest BCUT2D eigenvalue weighted by atomic mass is 10.0. The van der Waals surface area contributed by atoms with Gasteiger partial charge in [-0.2, -0.15) is 0 Å². The number of likely N-dealkylation sites (tertiary alicyclic amines) is 1. The topological polar surface area (TPSA) is 132 Å². The number of amides is 3. The van der Waals surface area contributed by atoms with Crippen LogP contribution in [0.4, 0.5) is 4.79 Å². The molecule has 0 bridgehead atoms. The zero-order valence-corrected chi connectivity index (χ0v) is 23.7. The molecule has 2 atom stereocenters. The van der Waals surface area contributed by atoms with E-state index in [9.17, 15) is 24.0 Å². The molecule has 2 aromatic carbocycles. The number of carbonyl (C=O) groups is 5. The average Bonchev–Trinajstić information content (AvgIpc) is 3.51. The SMILES string of the molecule is C=C(C=O)C(=C)OC(=O)[C@H](Cc1ccc(OC)cc1)N(C)C(=O)[C@@H]1CCCN1C(=O)CNC(=O)OCc1ccccc1. The predicted molar refractivity (Wildman–Crippen MR) is 153 cm³/mol. The van der Waals surface area contributed by atoms with Crippen LogP contribution in [0.25, 0.3) is 0 Å². The van der Waals surface area contributed by atoms with Crippen LogP contribution in [-0.4, -0.2) is 79.3 Å². The number of hydrogen-bond donors (Lipinski definition) is 1. The number of methoxy groups -OCH3 is 1. The Morgan fingerprint density at radius 2 is 1.76 bits per heavy atom. The second-order valence-corrected chi connectivity index (χ2v) is 9.66. The smallest absolute Gasteiger partial charge is 0.407 e. The third kappa shape index (κ3) is 8.53. The van der Waals surface area contributed by atoms with Crippen molar-refractivity contribution in [1.82, 2.24) is 15.1 Å². The summed E-state index contributed by atoms with van der Waals surface area (Å²) in [6, 6.07) is 14.1. The molecule has 0 unspecified atom stereocenters. The van der Waals surface area contributed by atoms with Crippen molar-refractivity contribution in [3.63, 3.8) is 0 Å². The van der Waals surface area contributed by atoms with Crippen LogP contribution in [0, 0.1) is 0 Å². The fourth-order valence-electron chi connectivity index (χ4n) is 4.42. The zero-order valence-electron chi connectivity index (χ0n) is 23.7. The summed E-state index contributed by atoms with van der Waals surface area (Å²) in [7, 11) is 2.99. The lowest BCUT2D eigenvalue weighted by Gasteiger charge is -2.32. The Morgan fingerprint density at radius 3 is 2.40 bits per heavy atom. The molecule has 3 rings (SSSR count). The Balaban J connectivity index is 1.67. The molecule has 0 aromatic heterocycles. The minimum atomic E-state index is -1.11. The van der Waals surface area contributed by atoms with E-state index in [4.69, 9.17) is 14.2 Å². The molecule has 0 spiro atoms. The maximum Gasteiger partial charge on any atom is 0.407 e. The quantitative estimate of drug-likeness (QED) is 0.126. The van der Waals surface area contributed by atoms with E-state index in [0.29, 0.717) is 31.4 Å². The monoisotopic (exact) mass is 577 g/mol.